The summed E-state index contributed by atoms with van der Waals surface area (Å²) in [5, 5.41) is 9.44. The molecule has 0 saturated carbocycles. The maximum Gasteiger partial charge on any atom is 0.237 e. The minimum absolute atomic E-state index is 0.0201. The third-order valence-corrected chi connectivity index (χ3v) is 4.31. The summed E-state index contributed by atoms with van der Waals surface area (Å²) in [5.74, 6) is 0.618. The lowest BCUT2D eigenvalue weighted by Gasteiger charge is -2.10. The number of nitrogens with one attached hydrogen (secondary N) is 2. The number of thiazole rings is 1. The Bertz CT molecular complexity index is 397. The fraction of sp³-hybridized carbons (Fsp3) is 0.692. The van der Waals surface area contributed by atoms with E-state index < -0.39 is 0 Å². The Kier molecular flexibility index (Phi) is 4.72. The van der Waals surface area contributed by atoms with Crippen LogP contribution < -0.4 is 10.6 Å². The van der Waals surface area contributed by atoms with Crippen LogP contribution in [-0.2, 0) is 11.2 Å². The third-order valence-electron chi connectivity index (χ3n) is 3.12. The van der Waals surface area contributed by atoms with Crippen LogP contribution in [0.2, 0.25) is 0 Å². The highest BCUT2D eigenvalue weighted by Gasteiger charge is 2.21. The molecule has 0 unspecified atom stereocenters. The molecule has 0 aromatic carbocycles. The predicted octanol–water partition coefficient (Wildman–Crippen LogP) is 1.68. The van der Waals surface area contributed by atoms with Gasteiger partial charge in [0, 0.05) is 24.3 Å². The van der Waals surface area contributed by atoms with Crippen LogP contribution in [0.25, 0.3) is 0 Å². The van der Waals surface area contributed by atoms with Crippen molar-refractivity contribution in [2.75, 3.05) is 13.1 Å². The van der Waals surface area contributed by atoms with Crippen molar-refractivity contribution in [3.8, 4) is 0 Å². The van der Waals surface area contributed by atoms with E-state index in [1.54, 1.807) is 11.3 Å². The number of carbonyl (C=O) groups is 1. The summed E-state index contributed by atoms with van der Waals surface area (Å²) >= 11 is 1.71. The molecule has 2 N–H and O–H groups in total. The van der Waals surface area contributed by atoms with Crippen LogP contribution in [0.1, 0.15) is 43.3 Å². The van der Waals surface area contributed by atoms with E-state index in [0.29, 0.717) is 12.5 Å². The molecule has 1 atom stereocenters. The van der Waals surface area contributed by atoms with Crippen molar-refractivity contribution >= 4 is 17.2 Å². The minimum Gasteiger partial charge on any atom is -0.354 e. The van der Waals surface area contributed by atoms with Crippen LogP contribution in [0.4, 0.5) is 0 Å². The van der Waals surface area contributed by atoms with E-state index in [1.807, 2.05) is 0 Å². The Hall–Kier alpha value is -0.940. The average Bonchev–Trinajstić information content (AvgIpc) is 3.00. The van der Waals surface area contributed by atoms with Gasteiger partial charge < -0.3 is 10.6 Å². The minimum atomic E-state index is 0.0201. The Labute approximate surface area is 112 Å². The lowest BCUT2D eigenvalue weighted by atomic mass is 10.2. The number of aromatic nitrogens is 1. The highest BCUT2D eigenvalue weighted by molar-refractivity contribution is 7.09. The van der Waals surface area contributed by atoms with Gasteiger partial charge in [-0.05, 0) is 19.4 Å². The zero-order valence-corrected chi connectivity index (χ0v) is 11.8. The lowest BCUT2D eigenvalue weighted by molar-refractivity contribution is -0.122. The van der Waals surface area contributed by atoms with Crippen LogP contribution in [-0.4, -0.2) is 30.0 Å². The van der Waals surface area contributed by atoms with Crippen LogP contribution >= 0.6 is 11.3 Å². The second kappa shape index (κ2) is 6.29. The largest absolute Gasteiger partial charge is 0.354 e. The van der Waals surface area contributed by atoms with Crippen molar-refractivity contribution in [1.82, 2.24) is 15.6 Å². The molecule has 0 radical (unpaired) electrons. The van der Waals surface area contributed by atoms with Crippen molar-refractivity contribution in [2.45, 2.75) is 45.1 Å². The van der Waals surface area contributed by atoms with Crippen LogP contribution in [0, 0.1) is 0 Å². The quantitative estimate of drug-likeness (QED) is 0.853. The molecule has 1 aliphatic rings. The molecule has 100 valence electrons. The SMILES string of the molecule is CC(C)c1nc(CCNC(=O)[C@@H]2CCCN2)cs1. The smallest absolute Gasteiger partial charge is 0.237 e. The van der Waals surface area contributed by atoms with Crippen molar-refractivity contribution in [3.63, 3.8) is 0 Å². The van der Waals surface area contributed by atoms with Gasteiger partial charge in [-0.15, -0.1) is 11.3 Å². The first kappa shape index (κ1) is 13.5. The molecule has 18 heavy (non-hydrogen) atoms. The first-order chi connectivity index (χ1) is 8.66. The van der Waals surface area contributed by atoms with Crippen molar-refractivity contribution in [1.29, 1.82) is 0 Å². The standard InChI is InChI=1S/C13H21N3OS/c1-9(2)13-16-10(8-18-13)5-7-15-12(17)11-4-3-6-14-11/h8-9,11,14H,3-7H2,1-2H3,(H,15,17)/t11-/m0/s1. The summed E-state index contributed by atoms with van der Waals surface area (Å²) in [7, 11) is 0. The van der Waals surface area contributed by atoms with E-state index in [1.165, 1.54) is 5.01 Å². The number of hydrogen-bond donors (Lipinski definition) is 2. The van der Waals surface area contributed by atoms with E-state index in [0.717, 1.165) is 31.5 Å². The third kappa shape index (κ3) is 3.53. The molecule has 1 aromatic heterocycles. The maximum atomic E-state index is 11.8. The second-order valence-electron chi connectivity index (χ2n) is 5.02. The summed E-state index contributed by atoms with van der Waals surface area (Å²) in [6.45, 7) is 5.94. The van der Waals surface area contributed by atoms with Crippen LogP contribution in [0.3, 0.4) is 0 Å². The molecule has 1 amide bonds. The number of nitrogens with zero attached hydrogens (tertiary/aromatic N) is 1. The van der Waals surface area contributed by atoms with Gasteiger partial charge in [-0.3, -0.25) is 4.79 Å². The van der Waals surface area contributed by atoms with Gasteiger partial charge in [-0.25, -0.2) is 4.98 Å². The van der Waals surface area contributed by atoms with Gasteiger partial charge in [0.1, 0.15) is 0 Å². The van der Waals surface area contributed by atoms with Gasteiger partial charge in [0.15, 0.2) is 0 Å². The fourth-order valence-corrected chi connectivity index (χ4v) is 2.92. The Morgan fingerprint density at radius 1 is 1.67 bits per heavy atom. The molecule has 4 nitrogen and oxygen atoms in total. The van der Waals surface area contributed by atoms with Gasteiger partial charge >= 0.3 is 0 Å². The van der Waals surface area contributed by atoms with Crippen molar-refractivity contribution in [2.24, 2.45) is 0 Å². The molecular formula is C13H21N3OS. The van der Waals surface area contributed by atoms with Gasteiger partial charge in [-0.2, -0.15) is 0 Å². The van der Waals surface area contributed by atoms with Gasteiger partial charge in [0.25, 0.3) is 0 Å². The van der Waals surface area contributed by atoms with Crippen molar-refractivity contribution in [3.05, 3.63) is 16.1 Å². The van der Waals surface area contributed by atoms with Crippen LogP contribution in [0.15, 0.2) is 5.38 Å². The summed E-state index contributed by atoms with van der Waals surface area (Å²) < 4.78 is 0. The first-order valence-corrected chi connectivity index (χ1v) is 7.50. The molecule has 1 saturated heterocycles. The van der Waals surface area contributed by atoms with Gasteiger partial charge in [0.2, 0.25) is 5.91 Å². The molecule has 0 bridgehead atoms. The highest BCUT2D eigenvalue weighted by atomic mass is 32.1. The Morgan fingerprint density at radius 3 is 3.11 bits per heavy atom. The zero-order valence-electron chi connectivity index (χ0n) is 11.0. The predicted molar refractivity (Wildman–Crippen MR) is 73.9 cm³/mol. The number of carbonyl (C=O) groups excluding carboxylic acids is 1. The van der Waals surface area contributed by atoms with E-state index in [2.05, 4.69) is 34.8 Å². The molecule has 1 aliphatic heterocycles. The van der Waals surface area contributed by atoms with E-state index in [-0.39, 0.29) is 11.9 Å². The first-order valence-electron chi connectivity index (χ1n) is 6.62. The average molecular weight is 267 g/mol. The summed E-state index contributed by atoms with van der Waals surface area (Å²) in [6.07, 6.45) is 2.88. The lowest BCUT2D eigenvalue weighted by Crippen LogP contribution is -2.41. The Morgan fingerprint density at radius 2 is 2.50 bits per heavy atom. The highest BCUT2D eigenvalue weighted by Crippen LogP contribution is 2.19. The molecule has 0 spiro atoms. The topological polar surface area (TPSA) is 54.0 Å². The monoisotopic (exact) mass is 267 g/mol. The maximum absolute atomic E-state index is 11.8. The van der Waals surface area contributed by atoms with E-state index >= 15 is 0 Å². The number of rotatable bonds is 5. The molecular weight excluding hydrogens is 246 g/mol. The molecule has 1 aromatic rings. The number of amides is 1. The van der Waals surface area contributed by atoms with E-state index in [4.69, 9.17) is 0 Å². The fourth-order valence-electron chi connectivity index (χ4n) is 2.05. The summed E-state index contributed by atoms with van der Waals surface area (Å²) in [4.78, 5) is 16.3. The van der Waals surface area contributed by atoms with E-state index in [9.17, 15) is 4.79 Å². The molecule has 5 heteroatoms. The number of hydrogen-bond acceptors (Lipinski definition) is 4. The summed E-state index contributed by atoms with van der Waals surface area (Å²) in [5.41, 5.74) is 1.09. The van der Waals surface area contributed by atoms with Crippen LogP contribution in [0.5, 0.6) is 0 Å². The normalized spacial score (nSPS) is 19.4. The molecule has 2 heterocycles. The molecule has 1 fully saturated rings. The molecule has 0 aliphatic carbocycles. The second-order valence-corrected chi connectivity index (χ2v) is 5.91. The van der Waals surface area contributed by atoms with Gasteiger partial charge in [-0.1, -0.05) is 13.8 Å². The molecule has 2 rings (SSSR count). The summed E-state index contributed by atoms with van der Waals surface area (Å²) in [6, 6.07) is 0.0201. The van der Waals surface area contributed by atoms with Gasteiger partial charge in [0.05, 0.1) is 16.7 Å². The zero-order chi connectivity index (χ0) is 13.0. The van der Waals surface area contributed by atoms with Crippen molar-refractivity contribution < 1.29 is 4.79 Å². The Balaban J connectivity index is 1.72.